The third-order valence-electron chi connectivity index (χ3n) is 3.94. The molecule has 0 saturated heterocycles. The van der Waals surface area contributed by atoms with Crippen molar-refractivity contribution in [1.29, 1.82) is 0 Å². The molecule has 2 heterocycles. The number of nitrogens with one attached hydrogen (secondary N) is 1. The van der Waals surface area contributed by atoms with Crippen LogP contribution in [0.2, 0.25) is 0 Å². The molecule has 0 spiro atoms. The van der Waals surface area contributed by atoms with E-state index in [0.29, 0.717) is 17.0 Å². The Morgan fingerprint density at radius 2 is 2.10 bits per heavy atom. The van der Waals surface area contributed by atoms with Gasteiger partial charge in [-0.2, -0.15) is 5.10 Å². The monoisotopic (exact) mass is 443 g/mol. The van der Waals surface area contributed by atoms with Crippen LogP contribution in [0.1, 0.15) is 12.6 Å². The number of carbonyl (C=O) groups excluding carboxylic acids is 2. The van der Waals surface area contributed by atoms with Crippen molar-refractivity contribution < 1.29 is 19.2 Å². The van der Waals surface area contributed by atoms with Gasteiger partial charge in [0.15, 0.2) is 5.13 Å². The Balaban J connectivity index is 1.71. The summed E-state index contributed by atoms with van der Waals surface area (Å²) in [5.41, 5.74) is 0.583. The van der Waals surface area contributed by atoms with E-state index in [1.165, 1.54) is 30.3 Å². The van der Waals surface area contributed by atoms with Gasteiger partial charge >= 0.3 is 5.97 Å². The van der Waals surface area contributed by atoms with Crippen LogP contribution >= 0.6 is 11.3 Å². The highest BCUT2D eigenvalue weighted by atomic mass is 32.1. The molecular weight excluding hydrogens is 426 g/mol. The van der Waals surface area contributed by atoms with Crippen molar-refractivity contribution in [2.45, 2.75) is 19.9 Å². The summed E-state index contributed by atoms with van der Waals surface area (Å²) < 4.78 is 5.81. The standard InChI is InChI=1S/C19H17N5O6S/c1-2-30-18(27)9-13-11-31-19(20-13)21-16(25)10-23-17(26)7-6-15(22-23)12-4-3-5-14(8-12)24(28)29/h3-8,11H,2,9-10H2,1H3,(H,20,21,25). The third-order valence-corrected chi connectivity index (χ3v) is 4.75. The zero-order valence-corrected chi connectivity index (χ0v) is 17.1. The smallest absolute Gasteiger partial charge is 0.311 e. The SMILES string of the molecule is CCOC(=O)Cc1csc(NC(=O)Cn2nc(-c3cccc([N+](=O)[O-])c3)ccc2=O)n1. The normalized spacial score (nSPS) is 10.5. The molecule has 3 rings (SSSR count). The van der Waals surface area contributed by atoms with Gasteiger partial charge in [0.1, 0.15) is 6.54 Å². The van der Waals surface area contributed by atoms with Crippen LogP contribution in [0.4, 0.5) is 10.8 Å². The average Bonchev–Trinajstić information content (AvgIpc) is 3.16. The maximum Gasteiger partial charge on any atom is 0.311 e. The number of amides is 1. The van der Waals surface area contributed by atoms with Gasteiger partial charge in [0.25, 0.3) is 11.2 Å². The van der Waals surface area contributed by atoms with Gasteiger partial charge in [-0.1, -0.05) is 12.1 Å². The summed E-state index contributed by atoms with van der Waals surface area (Å²) in [5, 5.41) is 19.5. The minimum Gasteiger partial charge on any atom is -0.466 e. The molecule has 11 nitrogen and oxygen atoms in total. The summed E-state index contributed by atoms with van der Waals surface area (Å²) in [4.78, 5) is 50.5. The number of anilines is 1. The second kappa shape index (κ2) is 9.71. The number of thiazole rings is 1. The molecule has 0 unspecified atom stereocenters. The average molecular weight is 443 g/mol. The molecule has 2 aromatic heterocycles. The fourth-order valence-electron chi connectivity index (χ4n) is 2.60. The Bertz CT molecular complexity index is 1190. The summed E-state index contributed by atoms with van der Waals surface area (Å²) in [6, 6.07) is 8.46. The molecule has 0 atom stereocenters. The van der Waals surface area contributed by atoms with Crippen LogP contribution in [-0.2, 0) is 27.3 Å². The summed E-state index contributed by atoms with van der Waals surface area (Å²) in [5.74, 6) is -0.956. The molecule has 1 amide bonds. The number of benzene rings is 1. The maximum atomic E-state index is 12.3. The van der Waals surface area contributed by atoms with Crippen LogP contribution in [0.3, 0.4) is 0 Å². The second-order valence-electron chi connectivity index (χ2n) is 6.20. The number of nitro benzene ring substituents is 1. The minimum absolute atomic E-state index is 0.00746. The van der Waals surface area contributed by atoms with Crippen LogP contribution in [0.25, 0.3) is 11.3 Å². The van der Waals surface area contributed by atoms with Crippen LogP contribution in [0.15, 0.2) is 46.6 Å². The van der Waals surface area contributed by atoms with Crippen LogP contribution in [0.5, 0.6) is 0 Å². The molecule has 0 bridgehead atoms. The van der Waals surface area contributed by atoms with E-state index in [4.69, 9.17) is 4.74 Å². The highest BCUT2D eigenvalue weighted by molar-refractivity contribution is 7.13. The van der Waals surface area contributed by atoms with E-state index in [-0.39, 0.29) is 30.4 Å². The van der Waals surface area contributed by atoms with Crippen molar-refractivity contribution in [3.05, 3.63) is 67.9 Å². The van der Waals surface area contributed by atoms with Gasteiger partial charge in [-0.15, -0.1) is 11.3 Å². The lowest BCUT2D eigenvalue weighted by Crippen LogP contribution is -2.29. The zero-order chi connectivity index (χ0) is 22.4. The van der Waals surface area contributed by atoms with Crippen molar-refractivity contribution >= 4 is 34.0 Å². The van der Waals surface area contributed by atoms with Gasteiger partial charge in [0, 0.05) is 29.1 Å². The van der Waals surface area contributed by atoms with Crippen LogP contribution in [-0.4, -0.2) is 38.2 Å². The second-order valence-corrected chi connectivity index (χ2v) is 7.05. The first kappa shape index (κ1) is 21.8. The molecule has 3 aromatic rings. The van der Waals surface area contributed by atoms with Crippen molar-refractivity contribution in [2.75, 3.05) is 11.9 Å². The molecule has 0 radical (unpaired) electrons. The summed E-state index contributed by atoms with van der Waals surface area (Å²) in [7, 11) is 0. The van der Waals surface area contributed by atoms with Crippen molar-refractivity contribution in [3.8, 4) is 11.3 Å². The Morgan fingerprint density at radius 1 is 1.29 bits per heavy atom. The predicted octanol–water partition coefficient (Wildman–Crippen LogP) is 2.02. The number of carbonyl (C=O) groups is 2. The summed E-state index contributed by atoms with van der Waals surface area (Å²) >= 11 is 1.13. The quantitative estimate of drug-likeness (QED) is 0.316. The Labute approximate surface area is 179 Å². The lowest BCUT2D eigenvalue weighted by atomic mass is 10.1. The minimum atomic E-state index is -0.539. The van der Waals surface area contributed by atoms with E-state index < -0.39 is 22.4 Å². The van der Waals surface area contributed by atoms with Gasteiger partial charge in [0.2, 0.25) is 5.91 Å². The number of nitrogens with zero attached hydrogens (tertiary/aromatic N) is 4. The number of ether oxygens (including phenoxy) is 1. The number of hydrogen-bond acceptors (Lipinski definition) is 9. The first-order valence-electron chi connectivity index (χ1n) is 9.08. The lowest BCUT2D eigenvalue weighted by Gasteiger charge is -2.07. The Kier molecular flexibility index (Phi) is 6.82. The number of hydrogen-bond donors (Lipinski definition) is 1. The molecule has 0 saturated carbocycles. The van der Waals surface area contributed by atoms with Gasteiger partial charge in [-0.3, -0.25) is 24.5 Å². The lowest BCUT2D eigenvalue weighted by molar-refractivity contribution is -0.384. The number of non-ortho nitro benzene ring substituents is 1. The molecule has 0 aliphatic carbocycles. The molecular formula is C19H17N5O6S. The number of nitro groups is 1. The van der Waals surface area contributed by atoms with Gasteiger partial charge in [-0.25, -0.2) is 9.67 Å². The van der Waals surface area contributed by atoms with Crippen LogP contribution in [0, 0.1) is 10.1 Å². The number of esters is 1. The van der Waals surface area contributed by atoms with Gasteiger partial charge in [-0.05, 0) is 13.0 Å². The Hall–Kier alpha value is -3.93. The fraction of sp³-hybridized carbons (Fsp3) is 0.211. The number of rotatable bonds is 8. The largest absolute Gasteiger partial charge is 0.466 e. The summed E-state index contributed by atoms with van der Waals surface area (Å²) in [6.07, 6.45) is -0.00746. The fourth-order valence-corrected chi connectivity index (χ4v) is 3.32. The molecule has 0 fully saturated rings. The molecule has 0 aliphatic heterocycles. The van der Waals surface area contributed by atoms with E-state index in [0.717, 1.165) is 16.0 Å². The molecule has 31 heavy (non-hydrogen) atoms. The van der Waals surface area contributed by atoms with Gasteiger partial charge < -0.3 is 10.1 Å². The first-order chi connectivity index (χ1) is 14.9. The van der Waals surface area contributed by atoms with Crippen molar-refractivity contribution in [2.24, 2.45) is 0 Å². The van der Waals surface area contributed by atoms with Crippen LogP contribution < -0.4 is 10.9 Å². The highest BCUT2D eigenvalue weighted by Gasteiger charge is 2.13. The van der Waals surface area contributed by atoms with E-state index in [2.05, 4.69) is 15.4 Å². The Morgan fingerprint density at radius 3 is 2.84 bits per heavy atom. The van der Waals surface area contributed by atoms with E-state index >= 15 is 0 Å². The molecule has 0 aliphatic rings. The summed E-state index contributed by atoms with van der Waals surface area (Å²) in [6.45, 7) is 1.59. The highest BCUT2D eigenvalue weighted by Crippen LogP contribution is 2.21. The number of aromatic nitrogens is 3. The molecule has 12 heteroatoms. The van der Waals surface area contributed by atoms with Crippen molar-refractivity contribution in [3.63, 3.8) is 0 Å². The van der Waals surface area contributed by atoms with E-state index in [9.17, 15) is 24.5 Å². The zero-order valence-electron chi connectivity index (χ0n) is 16.3. The topological polar surface area (TPSA) is 146 Å². The van der Waals surface area contributed by atoms with Crippen molar-refractivity contribution in [1.82, 2.24) is 14.8 Å². The van der Waals surface area contributed by atoms with E-state index in [1.54, 1.807) is 18.4 Å². The predicted molar refractivity (Wildman–Crippen MR) is 112 cm³/mol. The van der Waals surface area contributed by atoms with E-state index in [1.807, 2.05) is 0 Å². The molecule has 1 aromatic carbocycles. The third kappa shape index (κ3) is 5.79. The maximum absolute atomic E-state index is 12.3. The molecule has 1 N–H and O–H groups in total. The van der Waals surface area contributed by atoms with Gasteiger partial charge in [0.05, 0.1) is 29.3 Å². The first-order valence-corrected chi connectivity index (χ1v) is 9.96. The molecule has 160 valence electrons.